The van der Waals surface area contributed by atoms with Crippen LogP contribution in [0.15, 0.2) is 30.3 Å². The molecule has 1 aromatic carbocycles. The predicted molar refractivity (Wildman–Crippen MR) is 90.8 cm³/mol. The summed E-state index contributed by atoms with van der Waals surface area (Å²) >= 11 is 1.59. The SMILES string of the molecule is CSCC[C@H](NCC(=O)c1ccccc1)C(=O)O.Cl.S. The predicted octanol–water partition coefficient (Wildman–Crippen LogP) is 2.20. The van der Waals surface area contributed by atoms with Gasteiger partial charge in [0, 0.05) is 5.56 Å². The highest BCUT2D eigenvalue weighted by atomic mass is 35.5. The van der Waals surface area contributed by atoms with Gasteiger partial charge in [-0.2, -0.15) is 25.3 Å². The van der Waals surface area contributed by atoms with Crippen molar-refractivity contribution in [3.63, 3.8) is 0 Å². The lowest BCUT2D eigenvalue weighted by atomic mass is 10.1. The van der Waals surface area contributed by atoms with Gasteiger partial charge in [0.05, 0.1) is 6.54 Å². The third-order valence-electron chi connectivity index (χ3n) is 2.51. The van der Waals surface area contributed by atoms with Crippen molar-refractivity contribution >= 4 is 49.4 Å². The van der Waals surface area contributed by atoms with Gasteiger partial charge in [-0.1, -0.05) is 30.3 Å². The van der Waals surface area contributed by atoms with Crippen LogP contribution in [0.1, 0.15) is 16.8 Å². The van der Waals surface area contributed by atoms with Crippen molar-refractivity contribution in [2.75, 3.05) is 18.6 Å². The minimum atomic E-state index is -0.912. The molecule has 0 aliphatic heterocycles. The minimum Gasteiger partial charge on any atom is -0.480 e. The number of ketones is 1. The average Bonchev–Trinajstić information content (AvgIpc) is 2.39. The number of halogens is 1. The van der Waals surface area contributed by atoms with E-state index in [4.69, 9.17) is 5.11 Å². The van der Waals surface area contributed by atoms with Crippen molar-refractivity contribution in [1.82, 2.24) is 5.32 Å². The molecule has 7 heteroatoms. The number of hydrogen-bond acceptors (Lipinski definition) is 4. The third kappa shape index (κ3) is 7.79. The first-order valence-corrected chi connectivity index (χ1v) is 7.08. The van der Waals surface area contributed by atoms with E-state index in [1.165, 1.54) is 0 Å². The number of carbonyl (C=O) groups is 2. The number of carbonyl (C=O) groups excluding carboxylic acids is 1. The maximum Gasteiger partial charge on any atom is 0.320 e. The van der Waals surface area contributed by atoms with Crippen LogP contribution in [0.25, 0.3) is 0 Å². The second kappa shape index (κ2) is 12.1. The molecule has 0 heterocycles. The first-order valence-electron chi connectivity index (χ1n) is 5.68. The topological polar surface area (TPSA) is 66.4 Å². The maximum atomic E-state index is 11.8. The zero-order valence-corrected chi connectivity index (χ0v) is 13.8. The first kappa shape index (κ1) is 21.6. The Morgan fingerprint density at radius 1 is 1.30 bits per heavy atom. The molecule has 0 bridgehead atoms. The fraction of sp³-hybridized carbons (Fsp3) is 0.385. The Morgan fingerprint density at radius 3 is 2.40 bits per heavy atom. The van der Waals surface area contributed by atoms with E-state index in [0.29, 0.717) is 12.0 Å². The summed E-state index contributed by atoms with van der Waals surface area (Å²) in [5, 5.41) is 11.8. The molecule has 1 aromatic rings. The monoisotopic (exact) mass is 337 g/mol. The normalized spacial score (nSPS) is 10.8. The van der Waals surface area contributed by atoms with Crippen LogP contribution in [0.5, 0.6) is 0 Å². The van der Waals surface area contributed by atoms with Crippen molar-refractivity contribution in [2.24, 2.45) is 0 Å². The van der Waals surface area contributed by atoms with Crippen molar-refractivity contribution in [3.8, 4) is 0 Å². The molecular weight excluding hydrogens is 318 g/mol. The van der Waals surface area contributed by atoms with Gasteiger partial charge < -0.3 is 5.11 Å². The summed E-state index contributed by atoms with van der Waals surface area (Å²) in [4.78, 5) is 22.8. The molecule has 0 saturated heterocycles. The fourth-order valence-electron chi connectivity index (χ4n) is 1.49. The highest BCUT2D eigenvalue weighted by molar-refractivity contribution is 7.98. The number of Topliss-reactive ketones (excluding diaryl/α,β-unsaturated/α-hetero) is 1. The summed E-state index contributed by atoms with van der Waals surface area (Å²) in [6.45, 7) is 0.0510. The van der Waals surface area contributed by atoms with Gasteiger partial charge >= 0.3 is 5.97 Å². The van der Waals surface area contributed by atoms with Crippen molar-refractivity contribution < 1.29 is 14.7 Å². The Morgan fingerprint density at radius 2 is 1.90 bits per heavy atom. The van der Waals surface area contributed by atoms with Crippen LogP contribution in [0.3, 0.4) is 0 Å². The van der Waals surface area contributed by atoms with Gasteiger partial charge in [0.15, 0.2) is 5.78 Å². The van der Waals surface area contributed by atoms with Crippen LogP contribution in [0.4, 0.5) is 0 Å². The van der Waals surface area contributed by atoms with E-state index in [1.54, 1.807) is 36.0 Å². The van der Waals surface area contributed by atoms with Crippen LogP contribution in [0, 0.1) is 0 Å². The summed E-state index contributed by atoms with van der Waals surface area (Å²) in [5.41, 5.74) is 0.596. The third-order valence-corrected chi connectivity index (χ3v) is 3.16. The van der Waals surface area contributed by atoms with Gasteiger partial charge in [-0.25, -0.2) is 0 Å². The molecule has 114 valence electrons. The number of hydrogen-bond donors (Lipinski definition) is 2. The van der Waals surface area contributed by atoms with E-state index in [-0.39, 0.29) is 38.2 Å². The van der Waals surface area contributed by atoms with Crippen LogP contribution >= 0.6 is 37.7 Å². The van der Waals surface area contributed by atoms with Gasteiger partial charge in [0.25, 0.3) is 0 Å². The van der Waals surface area contributed by atoms with Crippen LogP contribution < -0.4 is 5.32 Å². The minimum absolute atomic E-state index is 0. The first-order chi connectivity index (χ1) is 8.65. The summed E-state index contributed by atoms with van der Waals surface area (Å²) in [7, 11) is 0. The Kier molecular flexibility index (Phi) is 13.1. The van der Waals surface area contributed by atoms with E-state index >= 15 is 0 Å². The lowest BCUT2D eigenvalue weighted by Crippen LogP contribution is -2.40. The number of benzene rings is 1. The number of nitrogens with one attached hydrogen (secondary N) is 1. The lowest BCUT2D eigenvalue weighted by Gasteiger charge is -2.13. The highest BCUT2D eigenvalue weighted by Crippen LogP contribution is 2.03. The van der Waals surface area contributed by atoms with Crippen LogP contribution in [-0.2, 0) is 4.79 Å². The molecule has 0 spiro atoms. The molecule has 0 amide bonds. The Labute approximate surface area is 136 Å². The average molecular weight is 338 g/mol. The molecule has 0 aromatic heterocycles. The van der Waals surface area contributed by atoms with Gasteiger partial charge in [-0.05, 0) is 18.4 Å². The Balaban J connectivity index is 0. The molecule has 0 fully saturated rings. The Hall–Kier alpha value is -0.690. The molecule has 4 nitrogen and oxygen atoms in total. The van der Waals surface area contributed by atoms with E-state index in [0.717, 1.165) is 5.75 Å². The maximum absolute atomic E-state index is 11.8. The van der Waals surface area contributed by atoms with E-state index in [1.807, 2.05) is 12.3 Å². The zero-order chi connectivity index (χ0) is 13.4. The van der Waals surface area contributed by atoms with E-state index in [2.05, 4.69) is 5.32 Å². The smallest absolute Gasteiger partial charge is 0.320 e. The zero-order valence-electron chi connectivity index (χ0n) is 11.2. The second-order valence-electron chi connectivity index (χ2n) is 3.84. The van der Waals surface area contributed by atoms with Gasteiger partial charge in [-0.15, -0.1) is 12.4 Å². The number of rotatable bonds is 8. The molecule has 0 unspecified atom stereocenters. The standard InChI is InChI=1S/C13H17NO3S.ClH.H2S/c1-18-8-7-11(13(16)17)14-9-12(15)10-5-3-2-4-6-10;;/h2-6,11,14H,7-9H2,1H3,(H,16,17);1H;1H2/t11-;;/m0../s1. The summed E-state index contributed by atoms with van der Waals surface area (Å²) in [5.74, 6) is -0.250. The van der Waals surface area contributed by atoms with Crippen LogP contribution in [-0.4, -0.2) is 41.5 Å². The quantitative estimate of drug-likeness (QED) is 0.712. The molecule has 2 N–H and O–H groups in total. The fourth-order valence-corrected chi connectivity index (χ4v) is 1.96. The molecule has 0 aliphatic carbocycles. The largest absolute Gasteiger partial charge is 0.480 e. The summed E-state index contributed by atoms with van der Waals surface area (Å²) in [6, 6.07) is 8.20. The van der Waals surface area contributed by atoms with Crippen molar-refractivity contribution in [1.29, 1.82) is 0 Å². The van der Waals surface area contributed by atoms with Gasteiger partial charge in [0.1, 0.15) is 6.04 Å². The molecule has 1 rings (SSSR count). The summed E-state index contributed by atoms with van der Waals surface area (Å²) < 4.78 is 0. The number of thioether (sulfide) groups is 1. The molecule has 1 atom stereocenters. The molecule has 0 saturated carbocycles. The number of aliphatic carboxylic acids is 1. The van der Waals surface area contributed by atoms with Crippen LogP contribution in [0.2, 0.25) is 0 Å². The van der Waals surface area contributed by atoms with Gasteiger partial charge in [-0.3, -0.25) is 14.9 Å². The second-order valence-corrected chi connectivity index (χ2v) is 4.83. The number of carboxylic acids is 1. The van der Waals surface area contributed by atoms with Crippen molar-refractivity contribution in [2.45, 2.75) is 12.5 Å². The Bertz CT molecular complexity index is 404. The summed E-state index contributed by atoms with van der Waals surface area (Å²) in [6.07, 6.45) is 2.44. The van der Waals surface area contributed by atoms with E-state index < -0.39 is 12.0 Å². The molecular formula is C13H20ClNO3S2. The molecule has 0 radical (unpaired) electrons. The molecule has 0 aliphatic rings. The highest BCUT2D eigenvalue weighted by Gasteiger charge is 2.17. The van der Waals surface area contributed by atoms with Gasteiger partial charge in [0.2, 0.25) is 0 Å². The number of carboxylic acid groups (broad SMARTS) is 1. The van der Waals surface area contributed by atoms with Crippen molar-refractivity contribution in [3.05, 3.63) is 35.9 Å². The molecule has 20 heavy (non-hydrogen) atoms. The lowest BCUT2D eigenvalue weighted by molar-refractivity contribution is -0.139. The van der Waals surface area contributed by atoms with E-state index in [9.17, 15) is 9.59 Å².